The number of carbonyl (C=O) groups is 1. The van der Waals surface area contributed by atoms with Crippen LogP contribution in [0.25, 0.3) is 0 Å². The summed E-state index contributed by atoms with van der Waals surface area (Å²) in [5.74, 6) is 1.25. The first-order valence-corrected chi connectivity index (χ1v) is 9.54. The number of carbonyl (C=O) groups excluding carboxylic acids is 1. The van der Waals surface area contributed by atoms with Gasteiger partial charge in [0.25, 0.3) is 0 Å². The lowest BCUT2D eigenvalue weighted by atomic mass is 10.1. The van der Waals surface area contributed by atoms with Crippen LogP contribution in [0.2, 0.25) is 0 Å². The van der Waals surface area contributed by atoms with Crippen LogP contribution in [-0.4, -0.2) is 41.6 Å². The normalized spacial score (nSPS) is 15.4. The van der Waals surface area contributed by atoms with Crippen molar-refractivity contribution in [2.75, 3.05) is 25.0 Å². The Morgan fingerprint density at radius 1 is 1.19 bits per heavy atom. The average Bonchev–Trinajstić information content (AvgIpc) is 2.67. The number of anilines is 1. The van der Waals surface area contributed by atoms with E-state index >= 15 is 0 Å². The van der Waals surface area contributed by atoms with Crippen LogP contribution in [0, 0.1) is 13.8 Å². The zero-order valence-electron chi connectivity index (χ0n) is 16.3. The molecule has 1 aliphatic rings. The number of nitrogens with one attached hydrogen (secondary N) is 2. The highest BCUT2D eigenvalue weighted by Gasteiger charge is 2.19. The van der Waals surface area contributed by atoms with Crippen molar-refractivity contribution in [3.63, 3.8) is 0 Å². The van der Waals surface area contributed by atoms with Gasteiger partial charge in [0.2, 0.25) is 5.88 Å². The SMILES string of the molecule is CCN1CCC(NC(=O)Nc2ccc(Oc3ccc(C)c(C)c3)nc2)CC1. The summed E-state index contributed by atoms with van der Waals surface area (Å²) in [7, 11) is 0. The van der Waals surface area contributed by atoms with Crippen LogP contribution in [0.15, 0.2) is 36.5 Å². The number of aryl methyl sites for hydroxylation is 2. The van der Waals surface area contributed by atoms with Crippen LogP contribution in [-0.2, 0) is 0 Å². The maximum Gasteiger partial charge on any atom is 0.319 e. The van der Waals surface area contributed by atoms with Crippen LogP contribution in [0.3, 0.4) is 0 Å². The summed E-state index contributed by atoms with van der Waals surface area (Å²) in [4.78, 5) is 18.9. The Kier molecular flexibility index (Phi) is 6.29. The number of rotatable bonds is 5. The van der Waals surface area contributed by atoms with Gasteiger partial charge < -0.3 is 20.3 Å². The molecule has 2 amide bonds. The molecule has 6 nitrogen and oxygen atoms in total. The summed E-state index contributed by atoms with van der Waals surface area (Å²) >= 11 is 0. The summed E-state index contributed by atoms with van der Waals surface area (Å²) < 4.78 is 5.77. The minimum atomic E-state index is -0.186. The smallest absolute Gasteiger partial charge is 0.319 e. The molecule has 1 aromatic heterocycles. The molecule has 1 aliphatic heterocycles. The fraction of sp³-hybridized carbons (Fsp3) is 0.429. The Bertz CT molecular complexity index is 768. The average molecular weight is 368 g/mol. The van der Waals surface area contributed by atoms with E-state index in [9.17, 15) is 4.79 Å². The topological polar surface area (TPSA) is 66.5 Å². The number of amides is 2. The first-order chi connectivity index (χ1) is 13.0. The van der Waals surface area contributed by atoms with Gasteiger partial charge in [-0.2, -0.15) is 0 Å². The van der Waals surface area contributed by atoms with Crippen molar-refractivity contribution in [1.82, 2.24) is 15.2 Å². The number of pyridine rings is 1. The van der Waals surface area contributed by atoms with E-state index in [4.69, 9.17) is 4.74 Å². The predicted molar refractivity (Wildman–Crippen MR) is 108 cm³/mol. The van der Waals surface area contributed by atoms with Crippen molar-refractivity contribution >= 4 is 11.7 Å². The Labute approximate surface area is 160 Å². The van der Waals surface area contributed by atoms with Gasteiger partial charge >= 0.3 is 6.03 Å². The molecule has 0 atom stereocenters. The molecule has 144 valence electrons. The van der Waals surface area contributed by atoms with E-state index in [-0.39, 0.29) is 12.1 Å². The number of hydrogen-bond donors (Lipinski definition) is 2. The molecule has 2 heterocycles. The molecule has 0 unspecified atom stereocenters. The first-order valence-electron chi connectivity index (χ1n) is 9.54. The molecule has 1 fully saturated rings. The van der Waals surface area contributed by atoms with Gasteiger partial charge in [0.15, 0.2) is 0 Å². The third-order valence-corrected chi connectivity index (χ3v) is 5.07. The third-order valence-electron chi connectivity index (χ3n) is 5.07. The summed E-state index contributed by atoms with van der Waals surface area (Å²) in [6.07, 6.45) is 3.58. The second-order valence-electron chi connectivity index (χ2n) is 7.04. The Morgan fingerprint density at radius 2 is 1.96 bits per heavy atom. The number of ether oxygens (including phenoxy) is 1. The maximum atomic E-state index is 12.2. The van der Waals surface area contributed by atoms with E-state index in [1.165, 1.54) is 11.1 Å². The standard InChI is InChI=1S/C21H28N4O2/c1-4-25-11-9-17(10-12-25)23-21(26)24-18-6-8-20(22-14-18)27-19-7-5-15(2)16(3)13-19/h5-8,13-14,17H,4,9-12H2,1-3H3,(H2,23,24,26). The van der Waals surface area contributed by atoms with E-state index in [0.717, 1.165) is 38.2 Å². The van der Waals surface area contributed by atoms with E-state index < -0.39 is 0 Å². The number of urea groups is 1. The molecule has 2 aromatic rings. The third kappa shape index (κ3) is 5.44. The van der Waals surface area contributed by atoms with Gasteiger partial charge in [-0.1, -0.05) is 13.0 Å². The van der Waals surface area contributed by atoms with Gasteiger partial charge in [0.05, 0.1) is 11.9 Å². The van der Waals surface area contributed by atoms with Gasteiger partial charge in [-0.3, -0.25) is 0 Å². The second kappa shape index (κ2) is 8.86. The minimum absolute atomic E-state index is 0.186. The van der Waals surface area contributed by atoms with Crippen molar-refractivity contribution in [2.45, 2.75) is 39.7 Å². The number of aromatic nitrogens is 1. The molecule has 2 N–H and O–H groups in total. The molecule has 0 bridgehead atoms. The van der Waals surface area contributed by atoms with Crippen LogP contribution >= 0.6 is 0 Å². The van der Waals surface area contributed by atoms with Crippen molar-refractivity contribution in [3.05, 3.63) is 47.7 Å². The Morgan fingerprint density at radius 3 is 2.59 bits per heavy atom. The highest BCUT2D eigenvalue weighted by atomic mass is 16.5. The summed E-state index contributed by atoms with van der Waals surface area (Å²) in [6.45, 7) is 9.42. The lowest BCUT2D eigenvalue weighted by Gasteiger charge is -2.31. The monoisotopic (exact) mass is 368 g/mol. The lowest BCUT2D eigenvalue weighted by Crippen LogP contribution is -2.45. The first kappa shape index (κ1) is 19.2. The van der Waals surface area contributed by atoms with E-state index in [0.29, 0.717) is 11.6 Å². The van der Waals surface area contributed by atoms with Gasteiger partial charge in [0, 0.05) is 25.2 Å². The highest BCUT2D eigenvalue weighted by Crippen LogP contribution is 2.23. The molecule has 6 heteroatoms. The van der Waals surface area contributed by atoms with Crippen LogP contribution in [0.1, 0.15) is 30.9 Å². The quantitative estimate of drug-likeness (QED) is 0.834. The number of benzene rings is 1. The summed E-state index contributed by atoms with van der Waals surface area (Å²) in [5, 5.41) is 5.88. The van der Waals surface area contributed by atoms with Crippen molar-refractivity contribution in [1.29, 1.82) is 0 Å². The van der Waals surface area contributed by atoms with Crippen molar-refractivity contribution in [2.24, 2.45) is 0 Å². The van der Waals surface area contributed by atoms with E-state index in [1.807, 2.05) is 25.1 Å². The summed E-state index contributed by atoms with van der Waals surface area (Å²) in [6, 6.07) is 9.53. The van der Waals surface area contributed by atoms with Crippen molar-refractivity contribution in [3.8, 4) is 11.6 Å². The highest BCUT2D eigenvalue weighted by molar-refractivity contribution is 5.89. The zero-order valence-corrected chi connectivity index (χ0v) is 16.3. The Balaban J connectivity index is 1.50. The lowest BCUT2D eigenvalue weighted by molar-refractivity contribution is 0.203. The minimum Gasteiger partial charge on any atom is -0.439 e. The molecule has 1 saturated heterocycles. The van der Waals surface area contributed by atoms with Crippen LogP contribution < -0.4 is 15.4 Å². The number of hydrogen-bond acceptors (Lipinski definition) is 4. The number of nitrogens with zero attached hydrogens (tertiary/aromatic N) is 2. The predicted octanol–water partition coefficient (Wildman–Crippen LogP) is 4.10. The second-order valence-corrected chi connectivity index (χ2v) is 7.04. The summed E-state index contributed by atoms with van der Waals surface area (Å²) in [5.41, 5.74) is 3.04. The fourth-order valence-corrected chi connectivity index (χ4v) is 3.16. The van der Waals surface area contributed by atoms with Crippen molar-refractivity contribution < 1.29 is 9.53 Å². The fourth-order valence-electron chi connectivity index (χ4n) is 3.16. The zero-order chi connectivity index (χ0) is 19.2. The molecule has 27 heavy (non-hydrogen) atoms. The van der Waals surface area contributed by atoms with Crippen LogP contribution in [0.5, 0.6) is 11.6 Å². The molecule has 1 aromatic carbocycles. The molecular weight excluding hydrogens is 340 g/mol. The molecular formula is C21H28N4O2. The number of piperidine rings is 1. The molecule has 3 rings (SSSR count). The Hall–Kier alpha value is -2.60. The van der Waals surface area contributed by atoms with Gasteiger partial charge in [0.1, 0.15) is 5.75 Å². The molecule has 0 saturated carbocycles. The van der Waals surface area contributed by atoms with E-state index in [2.05, 4.69) is 34.4 Å². The largest absolute Gasteiger partial charge is 0.439 e. The number of likely N-dealkylation sites (tertiary alicyclic amines) is 1. The van der Waals surface area contributed by atoms with Gasteiger partial charge in [-0.05, 0) is 62.6 Å². The van der Waals surface area contributed by atoms with Crippen LogP contribution in [0.4, 0.5) is 10.5 Å². The van der Waals surface area contributed by atoms with E-state index in [1.54, 1.807) is 18.3 Å². The molecule has 0 radical (unpaired) electrons. The maximum absolute atomic E-state index is 12.2. The molecule has 0 spiro atoms. The van der Waals surface area contributed by atoms with Gasteiger partial charge in [-0.15, -0.1) is 0 Å². The van der Waals surface area contributed by atoms with Gasteiger partial charge in [-0.25, -0.2) is 9.78 Å². The molecule has 0 aliphatic carbocycles.